The maximum absolute atomic E-state index is 6.30. The van der Waals surface area contributed by atoms with Gasteiger partial charge in [0.2, 0.25) is 0 Å². The molecule has 0 bridgehead atoms. The van der Waals surface area contributed by atoms with Crippen molar-refractivity contribution >= 4 is 0 Å². The Morgan fingerprint density at radius 2 is 0.585 bits per heavy atom. The van der Waals surface area contributed by atoms with Gasteiger partial charge in [0.05, 0.1) is 11.5 Å². The van der Waals surface area contributed by atoms with Gasteiger partial charge in [-0.1, -0.05) is 208 Å². The molecule has 0 saturated carbocycles. The van der Waals surface area contributed by atoms with Crippen LogP contribution >= 0.6 is 0 Å². The van der Waals surface area contributed by atoms with E-state index >= 15 is 0 Å². The molecule has 0 heterocycles. The highest BCUT2D eigenvalue weighted by molar-refractivity contribution is 5.00. The summed E-state index contributed by atoms with van der Waals surface area (Å²) in [6.07, 6.45) is 41.4. The molecule has 1 nitrogen and oxygen atoms in total. The van der Waals surface area contributed by atoms with Crippen molar-refractivity contribution in [3.05, 3.63) is 24.7 Å². The number of hydrogen-bond donors (Lipinski definition) is 0. The lowest BCUT2D eigenvalue weighted by atomic mass is 9.94. The van der Waals surface area contributed by atoms with E-state index in [0.717, 1.165) is 24.4 Å². The summed E-state index contributed by atoms with van der Waals surface area (Å²) in [7, 11) is 0. The third-order valence-electron chi connectivity index (χ3n) is 9.47. The fraction of sp³-hybridized carbons (Fsp3) is 0.900. The summed E-state index contributed by atoms with van der Waals surface area (Å²) in [5.74, 6) is 2.90. The van der Waals surface area contributed by atoms with E-state index in [4.69, 9.17) is 4.74 Å². The first-order valence-corrected chi connectivity index (χ1v) is 19.2. The van der Waals surface area contributed by atoms with Crippen molar-refractivity contribution in [1.29, 1.82) is 0 Å². The van der Waals surface area contributed by atoms with Crippen LogP contribution in [0, 0.1) is 11.8 Å². The zero-order valence-corrected chi connectivity index (χ0v) is 29.2. The SMILES string of the molecule is C=C(OC(=C)C(CC)CCCCCCCCCCCCCCC)C(CC)CCCCCCCCCCCCCCC. The summed E-state index contributed by atoms with van der Waals surface area (Å²) >= 11 is 0. The first-order chi connectivity index (χ1) is 20.1. The van der Waals surface area contributed by atoms with Gasteiger partial charge in [0.25, 0.3) is 0 Å². The Balaban J connectivity index is 3.81. The van der Waals surface area contributed by atoms with Gasteiger partial charge >= 0.3 is 0 Å². The zero-order valence-electron chi connectivity index (χ0n) is 29.2. The Morgan fingerprint density at radius 1 is 0.366 bits per heavy atom. The lowest BCUT2D eigenvalue weighted by Crippen LogP contribution is -2.11. The topological polar surface area (TPSA) is 9.23 Å². The number of rotatable bonds is 34. The Hall–Kier alpha value is -0.720. The summed E-state index contributed by atoms with van der Waals surface area (Å²) < 4.78 is 6.30. The van der Waals surface area contributed by atoms with Crippen molar-refractivity contribution in [3.8, 4) is 0 Å². The molecule has 0 saturated heterocycles. The van der Waals surface area contributed by atoms with E-state index < -0.39 is 0 Å². The number of ether oxygens (including phenoxy) is 1. The van der Waals surface area contributed by atoms with Crippen LogP contribution in [0.5, 0.6) is 0 Å². The summed E-state index contributed by atoms with van der Waals surface area (Å²) in [6.45, 7) is 17.9. The molecule has 41 heavy (non-hydrogen) atoms. The molecule has 0 aliphatic rings. The monoisotopic (exact) mass is 575 g/mol. The Bertz CT molecular complexity index is 501. The molecule has 0 aliphatic heterocycles. The second kappa shape index (κ2) is 32.2. The number of hydrogen-bond acceptors (Lipinski definition) is 1. The van der Waals surface area contributed by atoms with Crippen LogP contribution in [0.1, 0.15) is 220 Å². The van der Waals surface area contributed by atoms with Crippen LogP contribution in [0.2, 0.25) is 0 Å². The van der Waals surface area contributed by atoms with Crippen LogP contribution in [0.15, 0.2) is 24.7 Å². The van der Waals surface area contributed by atoms with Gasteiger partial charge in [-0.15, -0.1) is 0 Å². The van der Waals surface area contributed by atoms with Crippen molar-refractivity contribution in [2.24, 2.45) is 11.8 Å². The second-order valence-electron chi connectivity index (χ2n) is 13.3. The Kier molecular flexibility index (Phi) is 31.6. The fourth-order valence-corrected chi connectivity index (χ4v) is 6.34. The lowest BCUT2D eigenvalue weighted by molar-refractivity contribution is 0.202. The predicted octanol–water partition coefficient (Wildman–Crippen LogP) is 15.0. The van der Waals surface area contributed by atoms with Crippen LogP contribution in [-0.2, 0) is 4.74 Å². The fourth-order valence-electron chi connectivity index (χ4n) is 6.34. The van der Waals surface area contributed by atoms with E-state index in [1.165, 1.54) is 180 Å². The van der Waals surface area contributed by atoms with Crippen molar-refractivity contribution in [2.75, 3.05) is 0 Å². The number of allylic oxidation sites excluding steroid dienone is 2. The van der Waals surface area contributed by atoms with Crippen LogP contribution in [0.3, 0.4) is 0 Å². The molecule has 2 unspecified atom stereocenters. The lowest BCUT2D eigenvalue weighted by Gasteiger charge is -2.24. The summed E-state index contributed by atoms with van der Waals surface area (Å²) in [5, 5.41) is 0. The first kappa shape index (κ1) is 40.3. The van der Waals surface area contributed by atoms with Gasteiger partial charge in [-0.2, -0.15) is 0 Å². The molecule has 0 aliphatic carbocycles. The van der Waals surface area contributed by atoms with Gasteiger partial charge in [0, 0.05) is 11.8 Å². The van der Waals surface area contributed by atoms with E-state index in [1.807, 2.05) is 0 Å². The maximum Gasteiger partial charge on any atom is 0.0995 e. The summed E-state index contributed by atoms with van der Waals surface area (Å²) in [6, 6.07) is 0. The second-order valence-corrected chi connectivity index (χ2v) is 13.3. The first-order valence-electron chi connectivity index (χ1n) is 19.2. The summed E-state index contributed by atoms with van der Waals surface area (Å²) in [5.41, 5.74) is 0. The quantitative estimate of drug-likeness (QED) is 0.0548. The van der Waals surface area contributed by atoms with Gasteiger partial charge in [-0.05, 0) is 25.7 Å². The third-order valence-corrected chi connectivity index (χ3v) is 9.47. The van der Waals surface area contributed by atoms with Crippen LogP contribution < -0.4 is 0 Å². The van der Waals surface area contributed by atoms with E-state index in [0.29, 0.717) is 11.8 Å². The van der Waals surface area contributed by atoms with E-state index in [9.17, 15) is 0 Å². The van der Waals surface area contributed by atoms with Gasteiger partial charge < -0.3 is 4.74 Å². The third kappa shape index (κ3) is 26.6. The van der Waals surface area contributed by atoms with Crippen LogP contribution in [0.25, 0.3) is 0 Å². The highest BCUT2D eigenvalue weighted by Gasteiger charge is 2.17. The van der Waals surface area contributed by atoms with E-state index in [1.54, 1.807) is 0 Å². The van der Waals surface area contributed by atoms with Crippen molar-refractivity contribution in [2.45, 2.75) is 220 Å². The van der Waals surface area contributed by atoms with Crippen molar-refractivity contribution in [3.63, 3.8) is 0 Å². The van der Waals surface area contributed by atoms with Crippen LogP contribution in [0.4, 0.5) is 0 Å². The van der Waals surface area contributed by atoms with Crippen LogP contribution in [-0.4, -0.2) is 0 Å². The molecule has 2 atom stereocenters. The smallest absolute Gasteiger partial charge is 0.0995 e. The molecule has 0 rings (SSSR count). The van der Waals surface area contributed by atoms with Gasteiger partial charge in [-0.3, -0.25) is 0 Å². The van der Waals surface area contributed by atoms with E-state index in [-0.39, 0.29) is 0 Å². The van der Waals surface area contributed by atoms with Crippen molar-refractivity contribution in [1.82, 2.24) is 0 Å². The Morgan fingerprint density at radius 3 is 0.805 bits per heavy atom. The van der Waals surface area contributed by atoms with E-state index in [2.05, 4.69) is 40.9 Å². The summed E-state index contributed by atoms with van der Waals surface area (Å²) in [4.78, 5) is 0. The highest BCUT2D eigenvalue weighted by atomic mass is 16.5. The average molecular weight is 575 g/mol. The molecule has 0 aromatic carbocycles. The Labute approximate surface area is 261 Å². The molecular weight excluding hydrogens is 496 g/mol. The molecule has 0 amide bonds. The highest BCUT2D eigenvalue weighted by Crippen LogP contribution is 2.29. The standard InChI is InChI=1S/C40H78O/c1-7-11-13-15-17-19-21-23-25-27-29-31-33-35-39(9-3)37(5)41-38(6)40(10-4)36-34-32-30-28-26-24-22-20-18-16-14-12-8-2/h39-40H,5-36H2,1-4H3. The molecule has 0 aromatic rings. The molecule has 244 valence electrons. The molecule has 1 heteroatoms. The molecule has 0 radical (unpaired) electrons. The molecule has 0 spiro atoms. The minimum absolute atomic E-state index is 0.480. The van der Waals surface area contributed by atoms with Crippen molar-refractivity contribution < 1.29 is 4.74 Å². The molecule has 0 fully saturated rings. The average Bonchev–Trinajstić information content (AvgIpc) is 2.97. The normalized spacial score (nSPS) is 12.9. The molecule has 0 aromatic heterocycles. The molecule has 0 N–H and O–H groups in total. The minimum Gasteiger partial charge on any atom is -0.467 e. The van der Waals surface area contributed by atoms with Gasteiger partial charge in [-0.25, -0.2) is 0 Å². The maximum atomic E-state index is 6.30. The molecular formula is C40H78O. The van der Waals surface area contributed by atoms with Gasteiger partial charge in [0.15, 0.2) is 0 Å². The van der Waals surface area contributed by atoms with Gasteiger partial charge in [0.1, 0.15) is 0 Å². The minimum atomic E-state index is 0.480. The predicted molar refractivity (Wildman–Crippen MR) is 188 cm³/mol. The largest absolute Gasteiger partial charge is 0.467 e. The number of unbranched alkanes of at least 4 members (excludes halogenated alkanes) is 24. The zero-order chi connectivity index (χ0) is 30.2.